The van der Waals surface area contributed by atoms with Crippen molar-refractivity contribution in [1.82, 2.24) is 10.2 Å². The lowest BCUT2D eigenvalue weighted by atomic mass is 9.88. The lowest BCUT2D eigenvalue weighted by molar-refractivity contribution is 0.0827. The molecular formula is C14H19FN2O. The number of carbonyl (C=O) groups excluding carboxylic acids is 1. The Labute approximate surface area is 107 Å². The molecule has 1 fully saturated rings. The van der Waals surface area contributed by atoms with Gasteiger partial charge < -0.3 is 10.2 Å². The van der Waals surface area contributed by atoms with Crippen molar-refractivity contribution in [1.29, 1.82) is 0 Å². The van der Waals surface area contributed by atoms with E-state index in [1.54, 1.807) is 26.2 Å². The third kappa shape index (κ3) is 2.70. The molecule has 3 nitrogen and oxygen atoms in total. The van der Waals surface area contributed by atoms with Crippen molar-refractivity contribution in [3.8, 4) is 0 Å². The second-order valence-corrected chi connectivity index (χ2v) is 4.94. The van der Waals surface area contributed by atoms with Gasteiger partial charge in [-0.15, -0.1) is 0 Å². The normalized spacial score (nSPS) is 23.7. The molecule has 0 unspecified atom stereocenters. The third-order valence-electron chi connectivity index (χ3n) is 3.40. The highest BCUT2D eigenvalue weighted by atomic mass is 19.1. The standard InChI is InChI=1S/C14H19FN2O/c1-17(2)14(18)11-5-3-10(4-6-11)12-7-8-16-9-13(12)15/h3-6,12-13,16H,7-9H2,1-2H3/t12-,13-/m0/s1. The average Bonchev–Trinajstić information content (AvgIpc) is 2.38. The number of hydrogen-bond donors (Lipinski definition) is 1. The maximum absolute atomic E-state index is 13.8. The van der Waals surface area contributed by atoms with Gasteiger partial charge in [-0.3, -0.25) is 4.79 Å². The van der Waals surface area contributed by atoms with Gasteiger partial charge in [0.05, 0.1) is 0 Å². The molecule has 0 aromatic heterocycles. The summed E-state index contributed by atoms with van der Waals surface area (Å²) >= 11 is 0. The summed E-state index contributed by atoms with van der Waals surface area (Å²) in [6, 6.07) is 7.32. The van der Waals surface area contributed by atoms with E-state index in [1.807, 2.05) is 12.1 Å². The Kier molecular flexibility index (Phi) is 3.97. The van der Waals surface area contributed by atoms with Gasteiger partial charge in [-0.25, -0.2) is 4.39 Å². The fourth-order valence-corrected chi connectivity index (χ4v) is 2.33. The molecule has 0 saturated carbocycles. The fraction of sp³-hybridized carbons (Fsp3) is 0.500. The Balaban J connectivity index is 2.14. The Hall–Kier alpha value is -1.42. The van der Waals surface area contributed by atoms with E-state index in [-0.39, 0.29) is 11.8 Å². The van der Waals surface area contributed by atoms with Gasteiger partial charge in [0.2, 0.25) is 0 Å². The summed E-state index contributed by atoms with van der Waals surface area (Å²) in [5, 5.41) is 3.04. The predicted octanol–water partition coefficient (Wildman–Crippen LogP) is 1.80. The lowest BCUT2D eigenvalue weighted by Gasteiger charge is -2.27. The molecule has 4 heteroatoms. The van der Waals surface area contributed by atoms with Gasteiger partial charge in [-0.2, -0.15) is 0 Å². The minimum Gasteiger partial charge on any atom is -0.345 e. The number of amides is 1. The van der Waals surface area contributed by atoms with Crippen LogP contribution in [-0.4, -0.2) is 44.2 Å². The predicted molar refractivity (Wildman–Crippen MR) is 69.6 cm³/mol. The SMILES string of the molecule is CN(C)C(=O)c1ccc([C@@H]2CCNC[C@@H]2F)cc1. The van der Waals surface area contributed by atoms with Crippen LogP contribution in [0.4, 0.5) is 4.39 Å². The Morgan fingerprint density at radius 2 is 2.00 bits per heavy atom. The minimum absolute atomic E-state index is 0.0244. The molecule has 2 rings (SSSR count). The first kappa shape index (κ1) is 13.0. The van der Waals surface area contributed by atoms with Crippen LogP contribution in [0.5, 0.6) is 0 Å². The first-order valence-electron chi connectivity index (χ1n) is 6.26. The molecule has 0 radical (unpaired) electrons. The molecule has 0 aliphatic carbocycles. The molecule has 1 heterocycles. The molecule has 0 bridgehead atoms. The van der Waals surface area contributed by atoms with E-state index in [4.69, 9.17) is 0 Å². The average molecular weight is 250 g/mol. The van der Waals surface area contributed by atoms with Crippen LogP contribution in [0.2, 0.25) is 0 Å². The van der Waals surface area contributed by atoms with E-state index in [1.165, 1.54) is 4.90 Å². The highest BCUT2D eigenvalue weighted by Crippen LogP contribution is 2.27. The van der Waals surface area contributed by atoms with Gasteiger partial charge >= 0.3 is 0 Å². The Bertz CT molecular complexity index is 416. The molecule has 1 aromatic rings. The number of hydrogen-bond acceptors (Lipinski definition) is 2. The van der Waals surface area contributed by atoms with Crippen LogP contribution < -0.4 is 5.32 Å². The summed E-state index contributed by atoms with van der Waals surface area (Å²) in [6.07, 6.45) is -0.0311. The number of piperidine rings is 1. The number of nitrogens with one attached hydrogen (secondary N) is 1. The molecule has 18 heavy (non-hydrogen) atoms. The monoisotopic (exact) mass is 250 g/mol. The molecule has 1 N–H and O–H groups in total. The van der Waals surface area contributed by atoms with E-state index in [9.17, 15) is 9.18 Å². The van der Waals surface area contributed by atoms with E-state index >= 15 is 0 Å². The number of benzene rings is 1. The quantitative estimate of drug-likeness (QED) is 0.868. The molecule has 1 aromatic carbocycles. The van der Waals surface area contributed by atoms with Crippen LogP contribution >= 0.6 is 0 Å². The van der Waals surface area contributed by atoms with Crippen LogP contribution in [0.1, 0.15) is 28.3 Å². The van der Waals surface area contributed by atoms with E-state index in [2.05, 4.69) is 5.32 Å². The minimum atomic E-state index is -0.839. The van der Waals surface area contributed by atoms with Crippen molar-refractivity contribution in [3.05, 3.63) is 35.4 Å². The van der Waals surface area contributed by atoms with Crippen molar-refractivity contribution in [3.63, 3.8) is 0 Å². The maximum atomic E-state index is 13.8. The number of rotatable bonds is 2. The second kappa shape index (κ2) is 5.48. The van der Waals surface area contributed by atoms with Gasteiger partial charge in [-0.1, -0.05) is 12.1 Å². The topological polar surface area (TPSA) is 32.3 Å². The van der Waals surface area contributed by atoms with Crippen LogP contribution in [0.15, 0.2) is 24.3 Å². The second-order valence-electron chi connectivity index (χ2n) is 4.94. The zero-order valence-electron chi connectivity index (χ0n) is 10.8. The van der Waals surface area contributed by atoms with Crippen molar-refractivity contribution in [2.24, 2.45) is 0 Å². The van der Waals surface area contributed by atoms with Crippen LogP contribution in [-0.2, 0) is 0 Å². The van der Waals surface area contributed by atoms with Crippen molar-refractivity contribution >= 4 is 5.91 Å². The summed E-state index contributed by atoms with van der Waals surface area (Å²) in [5.74, 6) is -0.0709. The summed E-state index contributed by atoms with van der Waals surface area (Å²) < 4.78 is 13.8. The van der Waals surface area contributed by atoms with Gasteiger partial charge in [0, 0.05) is 32.1 Å². The molecule has 1 saturated heterocycles. The molecule has 1 aliphatic heterocycles. The van der Waals surface area contributed by atoms with Crippen molar-refractivity contribution in [2.45, 2.75) is 18.5 Å². The molecule has 98 valence electrons. The summed E-state index contributed by atoms with van der Waals surface area (Å²) in [5.41, 5.74) is 1.63. The van der Waals surface area contributed by atoms with Crippen LogP contribution in [0, 0.1) is 0 Å². The summed E-state index contributed by atoms with van der Waals surface area (Å²) in [4.78, 5) is 13.3. The number of halogens is 1. The van der Waals surface area contributed by atoms with Gasteiger partial charge in [0.1, 0.15) is 6.17 Å². The van der Waals surface area contributed by atoms with Crippen molar-refractivity contribution in [2.75, 3.05) is 27.2 Å². The zero-order valence-corrected chi connectivity index (χ0v) is 10.8. The fourth-order valence-electron chi connectivity index (χ4n) is 2.33. The Morgan fingerprint density at radius 3 is 2.56 bits per heavy atom. The van der Waals surface area contributed by atoms with E-state index in [0.717, 1.165) is 18.5 Å². The maximum Gasteiger partial charge on any atom is 0.253 e. The van der Waals surface area contributed by atoms with E-state index in [0.29, 0.717) is 12.1 Å². The lowest BCUT2D eigenvalue weighted by Crippen LogP contribution is -2.36. The molecule has 0 spiro atoms. The number of nitrogens with zero attached hydrogens (tertiary/aromatic N) is 1. The number of alkyl halides is 1. The smallest absolute Gasteiger partial charge is 0.253 e. The van der Waals surface area contributed by atoms with Crippen molar-refractivity contribution < 1.29 is 9.18 Å². The van der Waals surface area contributed by atoms with Gasteiger partial charge in [0.15, 0.2) is 0 Å². The summed E-state index contributed by atoms with van der Waals surface area (Å²) in [7, 11) is 3.45. The van der Waals surface area contributed by atoms with Gasteiger partial charge in [-0.05, 0) is 30.7 Å². The molecule has 2 atom stereocenters. The highest BCUT2D eigenvalue weighted by molar-refractivity contribution is 5.93. The molecular weight excluding hydrogens is 231 g/mol. The van der Waals surface area contributed by atoms with Gasteiger partial charge in [0.25, 0.3) is 5.91 Å². The zero-order chi connectivity index (χ0) is 13.1. The third-order valence-corrected chi connectivity index (χ3v) is 3.40. The van der Waals surface area contributed by atoms with Crippen LogP contribution in [0.25, 0.3) is 0 Å². The highest BCUT2D eigenvalue weighted by Gasteiger charge is 2.25. The first-order chi connectivity index (χ1) is 8.59. The van der Waals surface area contributed by atoms with Crippen LogP contribution in [0.3, 0.4) is 0 Å². The Morgan fingerprint density at radius 1 is 1.33 bits per heavy atom. The molecule has 1 amide bonds. The van der Waals surface area contributed by atoms with E-state index < -0.39 is 6.17 Å². The summed E-state index contributed by atoms with van der Waals surface area (Å²) in [6.45, 7) is 1.27. The molecule has 1 aliphatic rings. The largest absolute Gasteiger partial charge is 0.345 e. The first-order valence-corrected chi connectivity index (χ1v) is 6.26. The number of carbonyl (C=O) groups is 1.